The van der Waals surface area contributed by atoms with E-state index in [1.165, 1.54) is 19.4 Å². The average Bonchev–Trinajstić information content (AvgIpc) is 2.85. The van der Waals surface area contributed by atoms with E-state index in [0.29, 0.717) is 12.0 Å². The van der Waals surface area contributed by atoms with Gasteiger partial charge in [-0.1, -0.05) is 13.8 Å². The van der Waals surface area contributed by atoms with E-state index < -0.39 is 0 Å². The third-order valence-corrected chi connectivity index (χ3v) is 3.68. The highest BCUT2D eigenvalue weighted by Gasteiger charge is 2.20. The molecule has 1 fully saturated rings. The number of rotatable bonds is 9. The van der Waals surface area contributed by atoms with Gasteiger partial charge in [0.25, 0.3) is 0 Å². The van der Waals surface area contributed by atoms with Crippen LogP contribution in [-0.2, 0) is 4.74 Å². The Balaban J connectivity index is 2.19. The van der Waals surface area contributed by atoms with Gasteiger partial charge in [0.2, 0.25) is 0 Å². The van der Waals surface area contributed by atoms with Crippen LogP contribution in [0, 0.1) is 5.92 Å². The quantitative estimate of drug-likeness (QED) is 0.386. The van der Waals surface area contributed by atoms with E-state index in [1.807, 2.05) is 0 Å². The Hall–Kier alpha value is -0.810. The topological polar surface area (TPSA) is 48.9 Å². The summed E-state index contributed by atoms with van der Waals surface area (Å²) in [6, 6.07) is 0.606. The van der Waals surface area contributed by atoms with Crippen LogP contribution >= 0.6 is 0 Å². The van der Waals surface area contributed by atoms with Crippen molar-refractivity contribution in [1.29, 1.82) is 0 Å². The molecule has 1 atom stereocenters. The predicted molar refractivity (Wildman–Crippen MR) is 89.9 cm³/mol. The summed E-state index contributed by atoms with van der Waals surface area (Å²) in [7, 11) is 2.19. The van der Waals surface area contributed by atoms with Crippen LogP contribution in [0.1, 0.15) is 40.0 Å². The molecule has 0 aliphatic carbocycles. The summed E-state index contributed by atoms with van der Waals surface area (Å²) in [5.74, 6) is 1.54. The number of ether oxygens (including phenoxy) is 1. The van der Waals surface area contributed by atoms with Crippen molar-refractivity contribution >= 4 is 5.96 Å². The number of hydrogen-bond donors (Lipinski definition) is 2. The normalized spacial score (nSPS) is 20.2. The van der Waals surface area contributed by atoms with Crippen LogP contribution in [0.5, 0.6) is 0 Å². The molecule has 0 radical (unpaired) electrons. The zero-order chi connectivity index (χ0) is 15.5. The van der Waals surface area contributed by atoms with E-state index in [2.05, 4.69) is 43.4 Å². The van der Waals surface area contributed by atoms with Crippen LogP contribution in [0.4, 0.5) is 0 Å². The first-order valence-corrected chi connectivity index (χ1v) is 8.43. The van der Waals surface area contributed by atoms with Crippen LogP contribution in [0.25, 0.3) is 0 Å². The molecule has 21 heavy (non-hydrogen) atoms. The van der Waals surface area contributed by atoms with E-state index in [4.69, 9.17) is 9.73 Å². The minimum Gasteiger partial charge on any atom is -0.381 e. The maximum Gasteiger partial charge on any atom is 0.191 e. The fraction of sp³-hybridized carbons (Fsp3) is 0.938. The lowest BCUT2D eigenvalue weighted by atomic mass is 10.2. The Labute approximate surface area is 130 Å². The monoisotopic (exact) mass is 298 g/mol. The first-order valence-electron chi connectivity index (χ1n) is 8.43. The molecule has 124 valence electrons. The largest absolute Gasteiger partial charge is 0.381 e. The van der Waals surface area contributed by atoms with Gasteiger partial charge in [-0.2, -0.15) is 0 Å². The van der Waals surface area contributed by atoms with Crippen molar-refractivity contribution in [3.05, 3.63) is 0 Å². The third kappa shape index (κ3) is 8.27. The molecule has 1 aliphatic heterocycles. The van der Waals surface area contributed by atoms with Gasteiger partial charge >= 0.3 is 0 Å². The molecule has 1 aliphatic rings. The minimum absolute atomic E-state index is 0.606. The number of aliphatic imine (C=N–C) groups is 1. The number of hydrogen-bond acceptors (Lipinski definition) is 3. The van der Waals surface area contributed by atoms with Crippen molar-refractivity contribution in [3.63, 3.8) is 0 Å². The molecule has 0 aromatic rings. The number of guanidine groups is 1. The van der Waals surface area contributed by atoms with Gasteiger partial charge in [0, 0.05) is 32.3 Å². The van der Waals surface area contributed by atoms with Gasteiger partial charge in [-0.3, -0.25) is 4.99 Å². The molecule has 2 N–H and O–H groups in total. The molecular formula is C16H34N4O. The zero-order valence-electron chi connectivity index (χ0n) is 14.3. The smallest absolute Gasteiger partial charge is 0.191 e. The summed E-state index contributed by atoms with van der Waals surface area (Å²) in [6.07, 6.45) is 3.58. The molecule has 0 amide bonds. The van der Waals surface area contributed by atoms with Gasteiger partial charge in [-0.15, -0.1) is 0 Å². The minimum atomic E-state index is 0.606. The Morgan fingerprint density at radius 1 is 1.38 bits per heavy atom. The Kier molecular flexibility index (Phi) is 9.42. The van der Waals surface area contributed by atoms with Gasteiger partial charge in [-0.05, 0) is 45.7 Å². The predicted octanol–water partition coefficient (Wildman–Crippen LogP) is 1.70. The summed E-state index contributed by atoms with van der Waals surface area (Å²) in [5, 5.41) is 6.70. The van der Waals surface area contributed by atoms with Crippen LogP contribution < -0.4 is 10.6 Å². The van der Waals surface area contributed by atoms with Gasteiger partial charge in [0.15, 0.2) is 5.96 Å². The summed E-state index contributed by atoms with van der Waals surface area (Å²) in [4.78, 5) is 7.11. The highest BCUT2D eigenvalue weighted by molar-refractivity contribution is 5.79. The Morgan fingerprint density at radius 3 is 2.81 bits per heavy atom. The van der Waals surface area contributed by atoms with E-state index in [1.54, 1.807) is 0 Å². The SMILES string of the molecule is CCNC(=NCC1CCCN1C)NCCCOCC(C)C. The molecule has 0 saturated carbocycles. The number of likely N-dealkylation sites (tertiary alicyclic amines) is 1. The Morgan fingerprint density at radius 2 is 2.19 bits per heavy atom. The second-order valence-electron chi connectivity index (χ2n) is 6.25. The second-order valence-corrected chi connectivity index (χ2v) is 6.25. The van der Waals surface area contributed by atoms with Crippen LogP contribution in [0.2, 0.25) is 0 Å². The molecule has 5 heteroatoms. The average molecular weight is 298 g/mol. The summed E-state index contributed by atoms with van der Waals surface area (Å²) in [6.45, 7) is 12.0. The van der Waals surface area contributed by atoms with Crippen molar-refractivity contribution in [3.8, 4) is 0 Å². The van der Waals surface area contributed by atoms with Gasteiger partial charge in [-0.25, -0.2) is 0 Å². The third-order valence-electron chi connectivity index (χ3n) is 3.68. The molecule has 1 saturated heterocycles. The van der Waals surface area contributed by atoms with Crippen molar-refractivity contribution in [2.24, 2.45) is 10.9 Å². The molecule has 1 heterocycles. The second kappa shape index (κ2) is 10.9. The molecule has 0 aromatic carbocycles. The summed E-state index contributed by atoms with van der Waals surface area (Å²) >= 11 is 0. The van der Waals surface area contributed by atoms with Crippen molar-refractivity contribution in [1.82, 2.24) is 15.5 Å². The van der Waals surface area contributed by atoms with E-state index >= 15 is 0 Å². The fourth-order valence-electron chi connectivity index (χ4n) is 2.45. The lowest BCUT2D eigenvalue weighted by molar-refractivity contribution is 0.108. The highest BCUT2D eigenvalue weighted by Crippen LogP contribution is 2.14. The number of nitrogens with zero attached hydrogens (tertiary/aromatic N) is 2. The van der Waals surface area contributed by atoms with Crippen molar-refractivity contribution < 1.29 is 4.74 Å². The number of nitrogens with one attached hydrogen (secondary N) is 2. The fourth-order valence-corrected chi connectivity index (χ4v) is 2.45. The lowest BCUT2D eigenvalue weighted by Crippen LogP contribution is -2.39. The van der Waals surface area contributed by atoms with Crippen LogP contribution in [0.15, 0.2) is 4.99 Å². The van der Waals surface area contributed by atoms with E-state index in [0.717, 1.165) is 45.2 Å². The Bertz CT molecular complexity index is 294. The van der Waals surface area contributed by atoms with Crippen molar-refractivity contribution in [2.75, 3.05) is 46.4 Å². The standard InChI is InChI=1S/C16H34N4O/c1-5-17-16(18-9-7-11-21-13-14(2)3)19-12-15-8-6-10-20(15)4/h14-15H,5-13H2,1-4H3,(H2,17,18,19). The van der Waals surface area contributed by atoms with Gasteiger partial charge in [0.05, 0.1) is 6.54 Å². The van der Waals surface area contributed by atoms with Crippen molar-refractivity contribution in [2.45, 2.75) is 46.1 Å². The first-order chi connectivity index (χ1) is 10.1. The lowest BCUT2D eigenvalue weighted by Gasteiger charge is -2.18. The zero-order valence-corrected chi connectivity index (χ0v) is 14.3. The molecule has 0 bridgehead atoms. The van der Waals surface area contributed by atoms with Crippen LogP contribution in [0.3, 0.4) is 0 Å². The summed E-state index contributed by atoms with van der Waals surface area (Å²) < 4.78 is 5.59. The maximum absolute atomic E-state index is 5.59. The van der Waals surface area contributed by atoms with E-state index in [9.17, 15) is 0 Å². The van der Waals surface area contributed by atoms with Gasteiger partial charge < -0.3 is 20.3 Å². The van der Waals surface area contributed by atoms with E-state index in [-0.39, 0.29) is 0 Å². The maximum atomic E-state index is 5.59. The van der Waals surface area contributed by atoms with Crippen LogP contribution in [-0.4, -0.2) is 63.3 Å². The summed E-state index contributed by atoms with van der Waals surface area (Å²) in [5.41, 5.74) is 0. The molecular weight excluding hydrogens is 264 g/mol. The highest BCUT2D eigenvalue weighted by atomic mass is 16.5. The molecule has 0 aromatic heterocycles. The van der Waals surface area contributed by atoms with Gasteiger partial charge in [0.1, 0.15) is 0 Å². The molecule has 0 spiro atoms. The molecule has 1 unspecified atom stereocenters. The molecule has 5 nitrogen and oxygen atoms in total. The number of likely N-dealkylation sites (N-methyl/N-ethyl adjacent to an activating group) is 1. The molecule has 1 rings (SSSR count). The first kappa shape index (κ1) is 18.2.